The van der Waals surface area contributed by atoms with Crippen molar-refractivity contribution in [3.8, 4) is 6.07 Å². The molecule has 1 aromatic carbocycles. The van der Waals surface area contributed by atoms with Crippen LogP contribution in [0.4, 0.5) is 5.69 Å². The van der Waals surface area contributed by atoms with Crippen molar-refractivity contribution in [2.24, 2.45) is 0 Å². The van der Waals surface area contributed by atoms with Crippen LogP contribution in [-0.2, 0) is 0 Å². The van der Waals surface area contributed by atoms with Crippen molar-refractivity contribution in [2.45, 2.75) is 6.92 Å². The largest absolute Gasteiger partial charge is 0.376 e. The molecule has 0 spiro atoms. The van der Waals surface area contributed by atoms with Gasteiger partial charge in [-0.2, -0.15) is 5.26 Å². The first-order valence-corrected chi connectivity index (χ1v) is 6.08. The third kappa shape index (κ3) is 1.98. The first kappa shape index (κ1) is 12.9. The second-order valence-electron chi connectivity index (χ2n) is 4.21. The van der Waals surface area contributed by atoms with Crippen LogP contribution in [0.3, 0.4) is 0 Å². The van der Waals surface area contributed by atoms with E-state index in [1.54, 1.807) is 19.1 Å². The molecule has 0 atom stereocenters. The molecule has 0 unspecified atom stereocenters. The van der Waals surface area contributed by atoms with Crippen LogP contribution in [0.15, 0.2) is 12.1 Å². The second-order valence-corrected chi connectivity index (χ2v) is 5.05. The van der Waals surface area contributed by atoms with Crippen LogP contribution in [0.1, 0.15) is 11.3 Å². The predicted octanol–water partition coefficient (Wildman–Crippen LogP) is 3.79. The van der Waals surface area contributed by atoms with Crippen LogP contribution in [-0.4, -0.2) is 19.1 Å². The van der Waals surface area contributed by atoms with Crippen LogP contribution >= 0.6 is 23.2 Å². The fourth-order valence-electron chi connectivity index (χ4n) is 2.00. The molecular formula is C13H11Cl2N3. The molecule has 0 amide bonds. The molecule has 1 aromatic heterocycles. The molecule has 92 valence electrons. The Hall–Kier alpha value is -1.50. The Kier molecular flexibility index (Phi) is 3.34. The van der Waals surface area contributed by atoms with E-state index in [0.29, 0.717) is 26.8 Å². The van der Waals surface area contributed by atoms with Gasteiger partial charge in [-0.3, -0.25) is 4.98 Å². The molecule has 0 saturated carbocycles. The number of nitriles is 1. The van der Waals surface area contributed by atoms with Crippen molar-refractivity contribution >= 4 is 39.8 Å². The van der Waals surface area contributed by atoms with E-state index >= 15 is 0 Å². The third-order valence-electron chi connectivity index (χ3n) is 2.72. The zero-order valence-electron chi connectivity index (χ0n) is 10.3. The Morgan fingerprint density at radius 3 is 2.50 bits per heavy atom. The minimum atomic E-state index is 0.505. The van der Waals surface area contributed by atoms with Crippen molar-refractivity contribution in [3.05, 3.63) is 33.4 Å². The minimum Gasteiger partial charge on any atom is -0.376 e. The summed E-state index contributed by atoms with van der Waals surface area (Å²) in [5.41, 5.74) is 2.69. The number of hydrogen-bond donors (Lipinski definition) is 0. The molecule has 0 fully saturated rings. The van der Waals surface area contributed by atoms with E-state index in [4.69, 9.17) is 23.2 Å². The second kappa shape index (κ2) is 4.64. The number of benzene rings is 1. The van der Waals surface area contributed by atoms with Gasteiger partial charge in [-0.05, 0) is 19.1 Å². The highest BCUT2D eigenvalue weighted by Gasteiger charge is 2.17. The zero-order chi connectivity index (χ0) is 13.4. The number of aryl methyl sites for hydroxylation is 1. The Labute approximate surface area is 116 Å². The van der Waals surface area contributed by atoms with Gasteiger partial charge in [-0.25, -0.2) is 0 Å². The molecule has 3 nitrogen and oxygen atoms in total. The first-order chi connectivity index (χ1) is 8.45. The number of nitrogens with zero attached hydrogens (tertiary/aromatic N) is 3. The van der Waals surface area contributed by atoms with Gasteiger partial charge >= 0.3 is 0 Å². The maximum Gasteiger partial charge on any atom is 0.103 e. The van der Waals surface area contributed by atoms with Gasteiger partial charge in [-0.1, -0.05) is 23.2 Å². The molecule has 2 rings (SSSR count). The average Bonchev–Trinajstić information content (AvgIpc) is 2.26. The van der Waals surface area contributed by atoms with Crippen molar-refractivity contribution in [1.82, 2.24) is 4.98 Å². The Bertz CT molecular complexity index is 672. The topological polar surface area (TPSA) is 39.9 Å². The number of aromatic nitrogens is 1. The molecule has 5 heteroatoms. The molecule has 1 heterocycles. The van der Waals surface area contributed by atoms with Gasteiger partial charge in [0.25, 0.3) is 0 Å². The van der Waals surface area contributed by atoms with E-state index in [1.807, 2.05) is 19.0 Å². The fourth-order valence-corrected chi connectivity index (χ4v) is 2.57. The van der Waals surface area contributed by atoms with E-state index < -0.39 is 0 Å². The van der Waals surface area contributed by atoms with Crippen molar-refractivity contribution in [1.29, 1.82) is 5.26 Å². The monoisotopic (exact) mass is 279 g/mol. The molecule has 0 bridgehead atoms. The highest BCUT2D eigenvalue weighted by Crippen LogP contribution is 2.36. The van der Waals surface area contributed by atoms with Gasteiger partial charge in [0.05, 0.1) is 27.5 Å². The highest BCUT2D eigenvalue weighted by atomic mass is 35.5. The van der Waals surface area contributed by atoms with Crippen molar-refractivity contribution in [2.75, 3.05) is 19.0 Å². The average molecular weight is 280 g/mol. The highest BCUT2D eigenvalue weighted by molar-refractivity contribution is 6.39. The molecule has 0 aliphatic carbocycles. The van der Waals surface area contributed by atoms with E-state index in [-0.39, 0.29) is 0 Å². The van der Waals surface area contributed by atoms with Crippen LogP contribution in [0.25, 0.3) is 10.9 Å². The normalized spacial score (nSPS) is 10.4. The Morgan fingerprint density at radius 2 is 1.94 bits per heavy atom. The molecule has 0 N–H and O–H groups in total. The van der Waals surface area contributed by atoms with E-state index in [2.05, 4.69) is 11.1 Å². The first-order valence-electron chi connectivity index (χ1n) is 5.32. The molecule has 0 radical (unpaired) electrons. The number of fused-ring (bicyclic) bond motifs is 1. The molecule has 0 aliphatic heterocycles. The van der Waals surface area contributed by atoms with Gasteiger partial charge in [-0.15, -0.1) is 0 Å². The van der Waals surface area contributed by atoms with E-state index in [9.17, 15) is 5.26 Å². The maximum atomic E-state index is 9.27. The Balaban J connectivity index is 3.03. The van der Waals surface area contributed by atoms with E-state index in [0.717, 1.165) is 11.1 Å². The molecular weight excluding hydrogens is 269 g/mol. The van der Waals surface area contributed by atoms with Gasteiger partial charge < -0.3 is 4.90 Å². The zero-order valence-corrected chi connectivity index (χ0v) is 11.8. The quantitative estimate of drug-likeness (QED) is 0.797. The number of pyridine rings is 1. The number of anilines is 1. The lowest BCUT2D eigenvalue weighted by molar-refractivity contribution is 1.11. The molecule has 0 aliphatic rings. The smallest absolute Gasteiger partial charge is 0.103 e. The SMILES string of the molecule is Cc1nc2cc(Cl)cc(Cl)c2c(N(C)C)c1C#N. The third-order valence-corrected chi connectivity index (χ3v) is 3.23. The maximum absolute atomic E-state index is 9.27. The fraction of sp³-hybridized carbons (Fsp3) is 0.231. The van der Waals surface area contributed by atoms with Gasteiger partial charge in [0.2, 0.25) is 0 Å². The van der Waals surface area contributed by atoms with Crippen LogP contribution in [0.5, 0.6) is 0 Å². The summed E-state index contributed by atoms with van der Waals surface area (Å²) in [6, 6.07) is 5.60. The van der Waals surface area contributed by atoms with E-state index in [1.165, 1.54) is 0 Å². The molecule has 2 aromatic rings. The summed E-state index contributed by atoms with van der Waals surface area (Å²) in [6.45, 7) is 1.81. The van der Waals surface area contributed by atoms with Gasteiger partial charge in [0.1, 0.15) is 6.07 Å². The summed E-state index contributed by atoms with van der Waals surface area (Å²) < 4.78 is 0. The minimum absolute atomic E-state index is 0.505. The standard InChI is InChI=1S/C13H11Cl2N3/c1-7-9(6-16)13(18(2)3)12-10(15)4-8(14)5-11(12)17-7/h4-5H,1-3H3. The number of hydrogen-bond acceptors (Lipinski definition) is 3. The number of halogens is 2. The lowest BCUT2D eigenvalue weighted by atomic mass is 10.1. The Morgan fingerprint density at radius 1 is 1.28 bits per heavy atom. The summed E-state index contributed by atoms with van der Waals surface area (Å²) in [6.07, 6.45) is 0. The lowest BCUT2D eigenvalue weighted by Gasteiger charge is -2.19. The summed E-state index contributed by atoms with van der Waals surface area (Å²) in [5.74, 6) is 0. The van der Waals surface area contributed by atoms with Gasteiger partial charge in [0.15, 0.2) is 0 Å². The van der Waals surface area contributed by atoms with Crippen LogP contribution < -0.4 is 4.90 Å². The van der Waals surface area contributed by atoms with Crippen LogP contribution in [0, 0.1) is 18.3 Å². The molecule has 18 heavy (non-hydrogen) atoms. The summed E-state index contributed by atoms with van der Waals surface area (Å²) in [4.78, 5) is 6.26. The van der Waals surface area contributed by atoms with Crippen LogP contribution in [0.2, 0.25) is 10.0 Å². The lowest BCUT2D eigenvalue weighted by Crippen LogP contribution is -2.13. The number of rotatable bonds is 1. The summed E-state index contributed by atoms with van der Waals surface area (Å²) in [7, 11) is 3.75. The predicted molar refractivity (Wildman–Crippen MR) is 75.5 cm³/mol. The van der Waals surface area contributed by atoms with Gasteiger partial charge in [0, 0.05) is 24.5 Å². The summed E-state index contributed by atoms with van der Waals surface area (Å²) in [5, 5.41) is 11.1. The van der Waals surface area contributed by atoms with Crippen molar-refractivity contribution < 1.29 is 0 Å². The molecule has 0 saturated heterocycles. The van der Waals surface area contributed by atoms with Crippen molar-refractivity contribution in [3.63, 3.8) is 0 Å². The summed E-state index contributed by atoms with van der Waals surface area (Å²) >= 11 is 12.2.